The Morgan fingerprint density at radius 3 is 2.64 bits per heavy atom. The largest absolute Gasteiger partial charge is 0.270 e. The number of rotatable bonds is 4. The van der Waals surface area contributed by atoms with Crippen LogP contribution in [0.5, 0.6) is 0 Å². The van der Waals surface area contributed by atoms with Crippen LogP contribution in [0.4, 0.5) is 11.4 Å². The van der Waals surface area contributed by atoms with Crippen LogP contribution in [0.3, 0.4) is 0 Å². The first-order valence-corrected chi connectivity index (χ1v) is 9.68. The van der Waals surface area contributed by atoms with E-state index in [1.165, 1.54) is 22.5 Å². The summed E-state index contributed by atoms with van der Waals surface area (Å²) in [5.74, 6) is 0. The molecule has 0 fully saturated rings. The third-order valence-corrected chi connectivity index (χ3v) is 6.42. The van der Waals surface area contributed by atoms with Gasteiger partial charge < -0.3 is 0 Å². The van der Waals surface area contributed by atoms with E-state index in [0.29, 0.717) is 24.2 Å². The van der Waals surface area contributed by atoms with Crippen molar-refractivity contribution in [2.75, 3.05) is 10.8 Å². The van der Waals surface area contributed by atoms with Crippen LogP contribution < -0.4 is 4.31 Å². The second-order valence-electron chi connectivity index (χ2n) is 6.22. The first kappa shape index (κ1) is 17.4. The Bertz CT molecular complexity index is 938. The van der Waals surface area contributed by atoms with Crippen molar-refractivity contribution in [2.24, 2.45) is 0 Å². The average Bonchev–Trinajstić information content (AvgIpc) is 2.60. The molecule has 1 aliphatic heterocycles. The molecule has 6 nitrogen and oxygen atoms in total. The van der Waals surface area contributed by atoms with Crippen molar-refractivity contribution in [3.8, 4) is 0 Å². The van der Waals surface area contributed by atoms with Gasteiger partial charge in [0.25, 0.3) is 15.7 Å². The molecule has 1 heterocycles. The fraction of sp³-hybridized carbons (Fsp3) is 0.333. The van der Waals surface area contributed by atoms with Gasteiger partial charge in [-0.05, 0) is 43.4 Å². The van der Waals surface area contributed by atoms with Gasteiger partial charge in [-0.3, -0.25) is 14.4 Å². The van der Waals surface area contributed by atoms with Crippen LogP contribution in [0.2, 0.25) is 0 Å². The molecule has 0 amide bonds. The van der Waals surface area contributed by atoms with Crippen molar-refractivity contribution >= 4 is 21.4 Å². The van der Waals surface area contributed by atoms with Crippen molar-refractivity contribution in [3.63, 3.8) is 0 Å². The zero-order chi connectivity index (χ0) is 18.2. The zero-order valence-electron chi connectivity index (χ0n) is 14.2. The summed E-state index contributed by atoms with van der Waals surface area (Å²) in [6.07, 6.45) is 2.05. The summed E-state index contributed by atoms with van der Waals surface area (Å²) < 4.78 is 28.0. The van der Waals surface area contributed by atoms with Crippen LogP contribution in [-0.2, 0) is 22.9 Å². The maximum absolute atomic E-state index is 13.3. The number of aryl methyl sites for hydroxylation is 3. The second-order valence-corrected chi connectivity index (χ2v) is 8.05. The van der Waals surface area contributed by atoms with Crippen LogP contribution in [0.1, 0.15) is 30.0 Å². The molecule has 0 N–H and O–H groups in total. The molecule has 0 saturated carbocycles. The molecule has 0 radical (unpaired) electrons. The summed E-state index contributed by atoms with van der Waals surface area (Å²) in [4.78, 5) is 10.6. The highest BCUT2D eigenvalue weighted by Gasteiger charge is 2.31. The minimum absolute atomic E-state index is 0.0256. The van der Waals surface area contributed by atoms with Crippen LogP contribution in [0, 0.1) is 17.0 Å². The van der Waals surface area contributed by atoms with Crippen molar-refractivity contribution in [3.05, 3.63) is 63.2 Å². The molecule has 0 spiro atoms. The maximum atomic E-state index is 13.3. The number of nitro groups is 1. The SMILES string of the molecule is CCc1ccc([N+](=O)[O-])cc1S(=O)(=O)N1CCCc2cc(C)ccc21. The smallest absolute Gasteiger partial charge is 0.266 e. The topological polar surface area (TPSA) is 80.5 Å². The zero-order valence-corrected chi connectivity index (χ0v) is 15.0. The molecule has 2 aromatic carbocycles. The molecule has 0 saturated heterocycles. The summed E-state index contributed by atoms with van der Waals surface area (Å²) in [5.41, 5.74) is 3.13. The Hall–Kier alpha value is -2.41. The fourth-order valence-corrected chi connectivity index (χ4v) is 5.11. The first-order valence-electron chi connectivity index (χ1n) is 8.24. The molecule has 0 aliphatic carbocycles. The van der Waals surface area contributed by atoms with Gasteiger partial charge in [-0.15, -0.1) is 0 Å². The number of sulfonamides is 1. The van der Waals surface area contributed by atoms with E-state index in [2.05, 4.69) is 0 Å². The predicted molar refractivity (Wildman–Crippen MR) is 96.5 cm³/mol. The molecule has 2 aromatic rings. The number of fused-ring (bicyclic) bond motifs is 1. The lowest BCUT2D eigenvalue weighted by Gasteiger charge is -2.31. The van der Waals surface area contributed by atoms with Gasteiger partial charge in [-0.25, -0.2) is 8.42 Å². The van der Waals surface area contributed by atoms with E-state index in [1.807, 2.05) is 32.0 Å². The average molecular weight is 360 g/mol. The third kappa shape index (κ3) is 3.11. The standard InChI is InChI=1S/C18H20N2O4S/c1-3-14-7-8-16(20(21)22)12-18(14)25(23,24)19-10-4-5-15-11-13(2)6-9-17(15)19/h6-9,11-12H,3-5,10H2,1-2H3. The van der Waals surface area contributed by atoms with Gasteiger partial charge in [-0.2, -0.15) is 0 Å². The van der Waals surface area contributed by atoms with E-state index in [4.69, 9.17) is 0 Å². The van der Waals surface area contributed by atoms with Gasteiger partial charge in [0, 0.05) is 18.7 Å². The van der Waals surface area contributed by atoms with E-state index in [0.717, 1.165) is 24.0 Å². The number of benzene rings is 2. The minimum Gasteiger partial charge on any atom is -0.266 e. The number of non-ortho nitro benzene ring substituents is 1. The lowest BCUT2D eigenvalue weighted by atomic mass is 10.0. The molecule has 25 heavy (non-hydrogen) atoms. The highest BCUT2D eigenvalue weighted by molar-refractivity contribution is 7.92. The Morgan fingerprint density at radius 1 is 1.20 bits per heavy atom. The molecule has 7 heteroatoms. The summed E-state index contributed by atoms with van der Waals surface area (Å²) in [5, 5.41) is 11.1. The van der Waals surface area contributed by atoms with E-state index in [-0.39, 0.29) is 10.6 Å². The van der Waals surface area contributed by atoms with E-state index >= 15 is 0 Å². The Balaban J connectivity index is 2.15. The van der Waals surface area contributed by atoms with Gasteiger partial charge in [0.2, 0.25) is 0 Å². The highest BCUT2D eigenvalue weighted by atomic mass is 32.2. The molecule has 0 atom stereocenters. The fourth-order valence-electron chi connectivity index (χ4n) is 3.25. The lowest BCUT2D eigenvalue weighted by molar-refractivity contribution is -0.385. The Morgan fingerprint density at radius 2 is 1.96 bits per heavy atom. The molecule has 0 unspecified atom stereocenters. The maximum Gasteiger partial charge on any atom is 0.270 e. The monoisotopic (exact) mass is 360 g/mol. The van der Waals surface area contributed by atoms with Crippen molar-refractivity contribution < 1.29 is 13.3 Å². The van der Waals surface area contributed by atoms with Gasteiger partial charge >= 0.3 is 0 Å². The summed E-state index contributed by atoms with van der Waals surface area (Å²) in [6, 6.07) is 9.78. The number of nitrogens with zero attached hydrogens (tertiary/aromatic N) is 2. The second kappa shape index (κ2) is 6.48. The van der Waals surface area contributed by atoms with Gasteiger partial charge in [0.1, 0.15) is 0 Å². The number of anilines is 1. The predicted octanol–water partition coefficient (Wildman–Crippen LogP) is 3.61. The molecular weight excluding hydrogens is 340 g/mol. The van der Waals surface area contributed by atoms with Crippen molar-refractivity contribution in [1.29, 1.82) is 0 Å². The third-order valence-electron chi connectivity index (χ3n) is 4.52. The summed E-state index contributed by atoms with van der Waals surface area (Å²) in [6.45, 7) is 4.20. The molecular formula is C18H20N2O4S. The number of hydrogen-bond acceptors (Lipinski definition) is 4. The van der Waals surface area contributed by atoms with E-state index in [9.17, 15) is 18.5 Å². The number of nitro benzene ring substituents is 1. The Labute approximate surface area is 147 Å². The molecule has 0 aromatic heterocycles. The van der Waals surface area contributed by atoms with Crippen LogP contribution in [0.15, 0.2) is 41.3 Å². The summed E-state index contributed by atoms with van der Waals surface area (Å²) >= 11 is 0. The highest BCUT2D eigenvalue weighted by Crippen LogP contribution is 2.34. The minimum atomic E-state index is -3.86. The normalized spacial score (nSPS) is 14.2. The van der Waals surface area contributed by atoms with Crippen LogP contribution in [-0.4, -0.2) is 19.9 Å². The molecule has 1 aliphatic rings. The Kier molecular flexibility index (Phi) is 4.51. The van der Waals surface area contributed by atoms with Crippen molar-refractivity contribution in [2.45, 2.75) is 38.0 Å². The van der Waals surface area contributed by atoms with Crippen LogP contribution >= 0.6 is 0 Å². The first-order chi connectivity index (χ1) is 11.8. The van der Waals surface area contributed by atoms with Gasteiger partial charge in [0.05, 0.1) is 15.5 Å². The van der Waals surface area contributed by atoms with E-state index in [1.54, 1.807) is 0 Å². The van der Waals surface area contributed by atoms with Crippen LogP contribution in [0.25, 0.3) is 0 Å². The molecule has 132 valence electrons. The quantitative estimate of drug-likeness (QED) is 0.616. The molecule has 3 rings (SSSR count). The van der Waals surface area contributed by atoms with Gasteiger partial charge in [-0.1, -0.05) is 30.7 Å². The van der Waals surface area contributed by atoms with Gasteiger partial charge in [0.15, 0.2) is 0 Å². The van der Waals surface area contributed by atoms with Crippen molar-refractivity contribution in [1.82, 2.24) is 0 Å². The molecule has 0 bridgehead atoms. The number of hydrogen-bond donors (Lipinski definition) is 0. The summed E-state index contributed by atoms with van der Waals surface area (Å²) in [7, 11) is -3.86. The van der Waals surface area contributed by atoms with E-state index < -0.39 is 14.9 Å². The lowest BCUT2D eigenvalue weighted by Crippen LogP contribution is -2.36.